The number of benzene rings is 1. The van der Waals surface area contributed by atoms with Crippen molar-refractivity contribution in [3.05, 3.63) is 41.7 Å². The molecule has 0 radical (unpaired) electrons. The lowest BCUT2D eigenvalue weighted by Crippen LogP contribution is -2.45. The summed E-state index contributed by atoms with van der Waals surface area (Å²) in [7, 11) is 0. The molecule has 0 amide bonds. The van der Waals surface area contributed by atoms with Gasteiger partial charge in [0.2, 0.25) is 0 Å². The minimum Gasteiger partial charge on any atom is -0.507 e. The lowest BCUT2D eigenvalue weighted by atomic mass is 9.95. The summed E-state index contributed by atoms with van der Waals surface area (Å²) in [6.07, 6.45) is 6.01. The molecule has 0 unspecified atom stereocenters. The fraction of sp³-hybridized carbons (Fsp3) is 0.556. The first kappa shape index (κ1) is 19.9. The Morgan fingerprint density at radius 3 is 2.70 bits per heavy atom. The maximum absolute atomic E-state index is 13.8. The Hall–Kier alpha value is -1.10. The normalized spacial score (nSPS) is 16.6. The number of hydrogen-bond acceptors (Lipinski definition) is 3. The van der Waals surface area contributed by atoms with Gasteiger partial charge in [0.25, 0.3) is 0 Å². The highest BCUT2D eigenvalue weighted by atomic mass is 35.5. The summed E-state index contributed by atoms with van der Waals surface area (Å²) in [6.45, 7) is 9.26. The van der Waals surface area contributed by atoms with Gasteiger partial charge in [0.15, 0.2) is 0 Å². The lowest BCUT2D eigenvalue weighted by molar-refractivity contribution is 0.160. The van der Waals surface area contributed by atoms with E-state index in [4.69, 9.17) is 0 Å². The maximum atomic E-state index is 13.8. The number of phenolic OH excluding ortho intramolecular Hbond substituents is 1. The molecule has 0 aromatic heterocycles. The molecule has 0 saturated carbocycles. The Bertz CT molecular complexity index is 504. The molecule has 1 heterocycles. The number of piperazine rings is 1. The van der Waals surface area contributed by atoms with Gasteiger partial charge in [-0.05, 0) is 43.9 Å². The number of halogens is 2. The van der Waals surface area contributed by atoms with E-state index in [0.29, 0.717) is 5.56 Å². The molecule has 0 bridgehead atoms. The molecule has 130 valence electrons. The summed E-state index contributed by atoms with van der Waals surface area (Å²) < 4.78 is 13.8. The molecule has 1 atom stereocenters. The van der Waals surface area contributed by atoms with Crippen molar-refractivity contribution in [2.24, 2.45) is 0 Å². The molecule has 1 aromatic carbocycles. The number of nitrogens with one attached hydrogen (secondary N) is 1. The van der Waals surface area contributed by atoms with Crippen molar-refractivity contribution < 1.29 is 9.50 Å². The molecule has 1 aromatic rings. The average molecular weight is 343 g/mol. The van der Waals surface area contributed by atoms with Gasteiger partial charge in [0.1, 0.15) is 11.6 Å². The number of phenols is 1. The van der Waals surface area contributed by atoms with E-state index in [1.165, 1.54) is 12.1 Å². The number of rotatable bonds is 7. The summed E-state index contributed by atoms with van der Waals surface area (Å²) in [4.78, 5) is 2.36. The SMILES string of the molecule is C=CCCCC[C@@H](c1cc(F)cc(C)c1O)N1CCNCC1.Cl. The van der Waals surface area contributed by atoms with E-state index in [1.807, 2.05) is 6.08 Å². The number of aromatic hydroxyl groups is 1. The first-order valence-electron chi connectivity index (χ1n) is 8.18. The van der Waals surface area contributed by atoms with Crippen molar-refractivity contribution >= 4 is 12.4 Å². The first-order chi connectivity index (χ1) is 10.6. The van der Waals surface area contributed by atoms with Crippen LogP contribution in [0.15, 0.2) is 24.8 Å². The summed E-state index contributed by atoms with van der Waals surface area (Å²) in [5.74, 6) is -0.0230. The molecule has 1 fully saturated rings. The van der Waals surface area contributed by atoms with Crippen molar-refractivity contribution in [3.8, 4) is 5.75 Å². The van der Waals surface area contributed by atoms with Gasteiger partial charge in [-0.15, -0.1) is 19.0 Å². The third-order valence-corrected chi connectivity index (χ3v) is 4.38. The largest absolute Gasteiger partial charge is 0.507 e. The van der Waals surface area contributed by atoms with Crippen LogP contribution < -0.4 is 5.32 Å². The number of aryl methyl sites for hydroxylation is 1. The van der Waals surface area contributed by atoms with E-state index in [2.05, 4.69) is 16.8 Å². The average Bonchev–Trinajstić information content (AvgIpc) is 2.52. The van der Waals surface area contributed by atoms with Crippen LogP contribution in [0.4, 0.5) is 4.39 Å². The highest BCUT2D eigenvalue weighted by molar-refractivity contribution is 5.85. The van der Waals surface area contributed by atoms with E-state index in [1.54, 1.807) is 6.92 Å². The van der Waals surface area contributed by atoms with Crippen LogP contribution in [0, 0.1) is 12.7 Å². The van der Waals surface area contributed by atoms with Crippen molar-refractivity contribution in [2.45, 2.75) is 38.6 Å². The molecule has 2 N–H and O–H groups in total. The van der Waals surface area contributed by atoms with E-state index >= 15 is 0 Å². The Labute approximate surface area is 145 Å². The summed E-state index contributed by atoms with van der Waals surface area (Å²) in [5.41, 5.74) is 1.35. The van der Waals surface area contributed by atoms with E-state index < -0.39 is 0 Å². The predicted molar refractivity (Wildman–Crippen MR) is 95.9 cm³/mol. The van der Waals surface area contributed by atoms with Crippen LogP contribution in [0.3, 0.4) is 0 Å². The fourth-order valence-electron chi connectivity index (χ4n) is 3.17. The highest BCUT2D eigenvalue weighted by Gasteiger charge is 2.25. The van der Waals surface area contributed by atoms with E-state index in [-0.39, 0.29) is 30.0 Å². The van der Waals surface area contributed by atoms with Gasteiger partial charge in [-0.25, -0.2) is 4.39 Å². The van der Waals surface area contributed by atoms with Crippen LogP contribution >= 0.6 is 12.4 Å². The van der Waals surface area contributed by atoms with Gasteiger partial charge in [-0.3, -0.25) is 4.90 Å². The molecule has 5 heteroatoms. The van der Waals surface area contributed by atoms with Gasteiger partial charge < -0.3 is 10.4 Å². The molecule has 1 aliphatic heterocycles. The number of allylic oxidation sites excluding steroid dienone is 1. The standard InChI is InChI=1S/C18H27FN2O.ClH/c1-3-4-5-6-7-17(21-10-8-20-9-11-21)16-13-15(19)12-14(2)18(16)22;/h3,12-13,17,20,22H,1,4-11H2,2H3;1H/t17-;/m0./s1. The Balaban J connectivity index is 0.00000264. The smallest absolute Gasteiger partial charge is 0.124 e. The lowest BCUT2D eigenvalue weighted by Gasteiger charge is -2.36. The molecule has 0 aliphatic carbocycles. The third-order valence-electron chi connectivity index (χ3n) is 4.38. The van der Waals surface area contributed by atoms with Gasteiger partial charge in [-0.1, -0.05) is 12.5 Å². The van der Waals surface area contributed by atoms with Gasteiger partial charge in [0, 0.05) is 37.8 Å². The molecular formula is C18H28ClFN2O. The minimum atomic E-state index is -0.267. The topological polar surface area (TPSA) is 35.5 Å². The summed E-state index contributed by atoms with van der Waals surface area (Å²) >= 11 is 0. The van der Waals surface area contributed by atoms with Crippen LogP contribution in [0.25, 0.3) is 0 Å². The zero-order valence-electron chi connectivity index (χ0n) is 13.9. The van der Waals surface area contributed by atoms with Crippen molar-refractivity contribution in [1.82, 2.24) is 10.2 Å². The quantitative estimate of drug-likeness (QED) is 0.581. The van der Waals surface area contributed by atoms with Crippen LogP contribution in [-0.2, 0) is 0 Å². The van der Waals surface area contributed by atoms with E-state index in [9.17, 15) is 9.50 Å². The van der Waals surface area contributed by atoms with Crippen LogP contribution in [-0.4, -0.2) is 36.2 Å². The molecule has 23 heavy (non-hydrogen) atoms. The predicted octanol–water partition coefficient (Wildman–Crippen LogP) is 3.95. The van der Waals surface area contributed by atoms with Crippen molar-refractivity contribution in [3.63, 3.8) is 0 Å². The summed E-state index contributed by atoms with van der Waals surface area (Å²) in [6, 6.07) is 2.98. The van der Waals surface area contributed by atoms with Crippen molar-refractivity contribution in [2.75, 3.05) is 26.2 Å². The molecule has 1 saturated heterocycles. The van der Waals surface area contributed by atoms with Gasteiger partial charge in [0.05, 0.1) is 0 Å². The highest BCUT2D eigenvalue weighted by Crippen LogP contribution is 2.35. The Kier molecular flexibility index (Phi) is 8.59. The second-order valence-corrected chi connectivity index (χ2v) is 6.04. The van der Waals surface area contributed by atoms with Crippen LogP contribution in [0.1, 0.15) is 42.9 Å². The number of nitrogens with zero attached hydrogens (tertiary/aromatic N) is 1. The van der Waals surface area contributed by atoms with Gasteiger partial charge >= 0.3 is 0 Å². The Morgan fingerprint density at radius 1 is 1.35 bits per heavy atom. The summed E-state index contributed by atoms with van der Waals surface area (Å²) in [5, 5.41) is 13.7. The molecule has 3 nitrogen and oxygen atoms in total. The van der Waals surface area contributed by atoms with Crippen LogP contribution in [0.2, 0.25) is 0 Å². The molecule has 2 rings (SSSR count). The van der Waals surface area contributed by atoms with E-state index in [0.717, 1.165) is 57.4 Å². The zero-order chi connectivity index (χ0) is 15.9. The number of hydrogen-bond donors (Lipinski definition) is 2. The monoisotopic (exact) mass is 342 g/mol. The fourth-order valence-corrected chi connectivity index (χ4v) is 3.17. The Morgan fingerprint density at radius 2 is 2.04 bits per heavy atom. The van der Waals surface area contributed by atoms with Gasteiger partial charge in [-0.2, -0.15) is 0 Å². The molecule has 1 aliphatic rings. The molecular weight excluding hydrogens is 315 g/mol. The zero-order valence-corrected chi connectivity index (χ0v) is 14.7. The second-order valence-electron chi connectivity index (χ2n) is 6.04. The third kappa shape index (κ3) is 5.48. The maximum Gasteiger partial charge on any atom is 0.124 e. The first-order valence-corrected chi connectivity index (χ1v) is 8.18. The molecule has 0 spiro atoms. The minimum absolute atomic E-state index is 0. The van der Waals surface area contributed by atoms with Crippen LogP contribution in [0.5, 0.6) is 5.75 Å². The second kappa shape index (κ2) is 9.91. The van der Waals surface area contributed by atoms with Crippen molar-refractivity contribution in [1.29, 1.82) is 0 Å². The number of unbranched alkanes of at least 4 members (excludes halogenated alkanes) is 2.